The number of rotatable bonds is 3. The number of benzene rings is 2. The summed E-state index contributed by atoms with van der Waals surface area (Å²) >= 11 is 3.48. The Bertz CT molecular complexity index is 670. The highest BCUT2D eigenvalue weighted by Gasteiger charge is 2.51. The van der Waals surface area contributed by atoms with Crippen LogP contribution in [-0.2, 0) is 10.2 Å². The van der Waals surface area contributed by atoms with Crippen LogP contribution in [0.5, 0.6) is 0 Å². The van der Waals surface area contributed by atoms with Crippen molar-refractivity contribution in [2.24, 2.45) is 0 Å². The Labute approximate surface area is 132 Å². The average Bonchev–Trinajstić information content (AvgIpc) is 3.25. The van der Waals surface area contributed by atoms with Gasteiger partial charge in [0.05, 0.1) is 16.8 Å². The summed E-state index contributed by atoms with van der Waals surface area (Å²) in [6, 6.07) is 13.8. The van der Waals surface area contributed by atoms with Crippen molar-refractivity contribution in [3.63, 3.8) is 0 Å². The molecule has 0 heterocycles. The number of halogens is 1. The van der Waals surface area contributed by atoms with Crippen LogP contribution < -0.4 is 11.1 Å². The molecule has 4 heteroatoms. The minimum absolute atomic E-state index is 0.0185. The number of nitrogens with two attached hydrogens (primary N) is 1. The minimum Gasteiger partial charge on any atom is -0.397 e. The number of hydrogen-bond acceptors (Lipinski definition) is 2. The van der Waals surface area contributed by atoms with E-state index in [1.807, 2.05) is 49.4 Å². The van der Waals surface area contributed by atoms with E-state index in [2.05, 4.69) is 21.2 Å². The fraction of sp³-hybridized carbons (Fsp3) is 0.235. The molecule has 21 heavy (non-hydrogen) atoms. The van der Waals surface area contributed by atoms with Crippen LogP contribution in [0.3, 0.4) is 0 Å². The molecule has 0 spiro atoms. The summed E-state index contributed by atoms with van der Waals surface area (Å²) < 4.78 is 0.817. The molecule has 1 fully saturated rings. The predicted octanol–water partition coefficient (Wildman–Crippen LogP) is 4.01. The van der Waals surface area contributed by atoms with Gasteiger partial charge in [0.2, 0.25) is 5.91 Å². The Morgan fingerprint density at radius 3 is 2.48 bits per heavy atom. The van der Waals surface area contributed by atoms with Crippen LogP contribution >= 0.6 is 15.9 Å². The van der Waals surface area contributed by atoms with E-state index >= 15 is 0 Å². The molecule has 3 rings (SSSR count). The number of nitrogen functional groups attached to an aromatic ring is 1. The van der Waals surface area contributed by atoms with E-state index in [-0.39, 0.29) is 5.91 Å². The highest BCUT2D eigenvalue weighted by molar-refractivity contribution is 9.10. The van der Waals surface area contributed by atoms with Crippen molar-refractivity contribution in [2.75, 3.05) is 11.1 Å². The maximum Gasteiger partial charge on any atom is 0.235 e. The van der Waals surface area contributed by atoms with Gasteiger partial charge >= 0.3 is 0 Å². The number of anilines is 2. The Hall–Kier alpha value is -1.81. The van der Waals surface area contributed by atoms with Gasteiger partial charge in [0, 0.05) is 4.47 Å². The molecular weight excluding hydrogens is 328 g/mol. The van der Waals surface area contributed by atoms with Crippen molar-refractivity contribution in [1.82, 2.24) is 0 Å². The van der Waals surface area contributed by atoms with Gasteiger partial charge in [0.25, 0.3) is 0 Å². The molecule has 0 aromatic heterocycles. The number of carbonyl (C=O) groups excluding carboxylic acids is 1. The number of nitrogens with one attached hydrogen (secondary N) is 1. The lowest BCUT2D eigenvalue weighted by Gasteiger charge is -2.18. The molecule has 1 aliphatic carbocycles. The van der Waals surface area contributed by atoms with E-state index in [1.54, 1.807) is 0 Å². The Kier molecular flexibility index (Phi) is 3.49. The molecule has 0 radical (unpaired) electrons. The van der Waals surface area contributed by atoms with Gasteiger partial charge in [-0.15, -0.1) is 0 Å². The van der Waals surface area contributed by atoms with Gasteiger partial charge in [-0.1, -0.05) is 30.3 Å². The van der Waals surface area contributed by atoms with Crippen LogP contribution in [0.25, 0.3) is 0 Å². The molecule has 0 unspecified atom stereocenters. The van der Waals surface area contributed by atoms with Gasteiger partial charge in [0.15, 0.2) is 0 Å². The lowest BCUT2D eigenvalue weighted by Crippen LogP contribution is -2.28. The predicted molar refractivity (Wildman–Crippen MR) is 89.3 cm³/mol. The summed E-state index contributed by atoms with van der Waals surface area (Å²) in [5.41, 5.74) is 9.01. The summed E-state index contributed by atoms with van der Waals surface area (Å²) in [5.74, 6) is 0.0185. The van der Waals surface area contributed by atoms with Crippen LogP contribution in [0.15, 0.2) is 46.9 Å². The van der Waals surface area contributed by atoms with Gasteiger partial charge in [0.1, 0.15) is 0 Å². The molecule has 108 valence electrons. The van der Waals surface area contributed by atoms with Crippen molar-refractivity contribution in [2.45, 2.75) is 25.2 Å². The van der Waals surface area contributed by atoms with Crippen LogP contribution in [0.4, 0.5) is 11.4 Å². The molecule has 0 atom stereocenters. The molecule has 1 amide bonds. The smallest absolute Gasteiger partial charge is 0.235 e. The summed E-state index contributed by atoms with van der Waals surface area (Å²) in [6.07, 6.45) is 1.76. The Balaban J connectivity index is 1.88. The van der Waals surface area contributed by atoms with Crippen LogP contribution in [0, 0.1) is 6.92 Å². The maximum atomic E-state index is 12.7. The first-order chi connectivity index (χ1) is 10.0. The number of amides is 1. The number of aryl methyl sites for hydroxylation is 1. The van der Waals surface area contributed by atoms with Gasteiger partial charge < -0.3 is 11.1 Å². The van der Waals surface area contributed by atoms with Gasteiger partial charge in [-0.2, -0.15) is 0 Å². The first-order valence-electron chi connectivity index (χ1n) is 6.95. The molecule has 0 bridgehead atoms. The van der Waals surface area contributed by atoms with Crippen molar-refractivity contribution in [3.8, 4) is 0 Å². The molecular formula is C17H17BrN2O. The molecule has 0 saturated heterocycles. The van der Waals surface area contributed by atoms with Crippen LogP contribution in [0.1, 0.15) is 24.0 Å². The third kappa shape index (κ3) is 2.56. The topological polar surface area (TPSA) is 55.1 Å². The zero-order valence-corrected chi connectivity index (χ0v) is 13.4. The standard InChI is InChI=1S/C17H17BrN2O/c1-11-9-13(18)15(14(19)10-11)20-16(21)17(7-8-17)12-5-3-2-4-6-12/h2-6,9-10H,7-8,19H2,1H3,(H,20,21). The second kappa shape index (κ2) is 5.19. The van der Waals surface area contributed by atoms with Crippen LogP contribution in [-0.4, -0.2) is 5.91 Å². The highest BCUT2D eigenvalue weighted by atomic mass is 79.9. The second-order valence-corrected chi connectivity index (χ2v) is 6.47. The van der Waals surface area contributed by atoms with E-state index in [1.165, 1.54) is 0 Å². The quantitative estimate of drug-likeness (QED) is 0.826. The lowest BCUT2D eigenvalue weighted by atomic mass is 9.95. The summed E-state index contributed by atoms with van der Waals surface area (Å²) in [7, 11) is 0. The van der Waals surface area contributed by atoms with E-state index in [9.17, 15) is 4.79 Å². The average molecular weight is 345 g/mol. The monoisotopic (exact) mass is 344 g/mol. The molecule has 3 N–H and O–H groups in total. The van der Waals surface area contributed by atoms with Gasteiger partial charge in [-0.3, -0.25) is 4.79 Å². The molecule has 0 aliphatic heterocycles. The Morgan fingerprint density at radius 2 is 1.90 bits per heavy atom. The molecule has 1 saturated carbocycles. The third-order valence-electron chi connectivity index (χ3n) is 4.01. The summed E-state index contributed by atoms with van der Waals surface area (Å²) in [5, 5.41) is 3.00. The maximum absolute atomic E-state index is 12.7. The molecule has 3 nitrogen and oxygen atoms in total. The SMILES string of the molecule is Cc1cc(N)c(NC(=O)C2(c3ccccc3)CC2)c(Br)c1. The molecule has 1 aliphatic rings. The Morgan fingerprint density at radius 1 is 1.24 bits per heavy atom. The van der Waals surface area contributed by atoms with Gasteiger partial charge in [-0.25, -0.2) is 0 Å². The highest BCUT2D eigenvalue weighted by Crippen LogP contribution is 2.49. The zero-order valence-electron chi connectivity index (χ0n) is 11.8. The van der Waals surface area contributed by atoms with E-state index in [4.69, 9.17) is 5.73 Å². The number of carbonyl (C=O) groups is 1. The van der Waals surface area contributed by atoms with E-state index < -0.39 is 5.41 Å². The minimum atomic E-state index is -0.391. The third-order valence-corrected chi connectivity index (χ3v) is 4.64. The van der Waals surface area contributed by atoms with E-state index in [0.29, 0.717) is 11.4 Å². The van der Waals surface area contributed by atoms with Crippen molar-refractivity contribution in [3.05, 3.63) is 58.1 Å². The van der Waals surface area contributed by atoms with E-state index in [0.717, 1.165) is 28.4 Å². The number of hydrogen-bond donors (Lipinski definition) is 2. The lowest BCUT2D eigenvalue weighted by molar-refractivity contribution is -0.118. The molecule has 2 aromatic rings. The first kappa shape index (κ1) is 14.1. The summed E-state index contributed by atoms with van der Waals surface area (Å²) in [4.78, 5) is 12.7. The zero-order chi connectivity index (χ0) is 15.0. The van der Waals surface area contributed by atoms with Crippen molar-refractivity contribution in [1.29, 1.82) is 0 Å². The fourth-order valence-corrected chi connectivity index (χ4v) is 3.35. The molecule has 2 aromatic carbocycles. The second-order valence-electron chi connectivity index (χ2n) is 5.61. The van der Waals surface area contributed by atoms with Gasteiger partial charge in [-0.05, 0) is 59.0 Å². The fourth-order valence-electron chi connectivity index (χ4n) is 2.66. The summed E-state index contributed by atoms with van der Waals surface area (Å²) in [6.45, 7) is 1.97. The van der Waals surface area contributed by atoms with Crippen molar-refractivity contribution < 1.29 is 4.79 Å². The van der Waals surface area contributed by atoms with Crippen LogP contribution in [0.2, 0.25) is 0 Å². The first-order valence-corrected chi connectivity index (χ1v) is 7.75. The largest absolute Gasteiger partial charge is 0.397 e. The normalized spacial score (nSPS) is 15.5. The van der Waals surface area contributed by atoms with Crippen molar-refractivity contribution >= 4 is 33.2 Å².